The predicted octanol–water partition coefficient (Wildman–Crippen LogP) is 1.88. The summed E-state index contributed by atoms with van der Waals surface area (Å²) in [5.41, 5.74) is 1.21. The molecule has 1 heterocycles. The van der Waals surface area contributed by atoms with Crippen LogP contribution in [-0.2, 0) is 14.8 Å². The molecule has 0 saturated heterocycles. The van der Waals surface area contributed by atoms with E-state index >= 15 is 0 Å². The van der Waals surface area contributed by atoms with E-state index < -0.39 is 33.9 Å². The normalized spacial score (nSPS) is 17.5. The van der Waals surface area contributed by atoms with Gasteiger partial charge in [-0.3, -0.25) is 4.79 Å². The van der Waals surface area contributed by atoms with E-state index in [1.54, 1.807) is 42.5 Å². The Labute approximate surface area is 151 Å². The molecular formula is C18H19NO6S. The van der Waals surface area contributed by atoms with Crippen LogP contribution < -0.4 is 14.2 Å². The second kappa shape index (κ2) is 7.35. The standard InChI is InChI=1S/C18H19NO6S/c1-12-5-4-6-13(9-12)17(18(20)21)19-26(22,23)11-14-10-24-15-7-2-3-8-16(15)25-14/h2-9,14,17,19H,10-11H2,1H3,(H,20,21). The van der Waals surface area contributed by atoms with Crippen LogP contribution in [0.1, 0.15) is 17.2 Å². The summed E-state index contributed by atoms with van der Waals surface area (Å²) in [6.45, 7) is 1.88. The summed E-state index contributed by atoms with van der Waals surface area (Å²) in [6, 6.07) is 12.3. The Hall–Kier alpha value is -2.58. The fourth-order valence-corrected chi connectivity index (χ4v) is 4.07. The first-order valence-electron chi connectivity index (χ1n) is 8.02. The van der Waals surface area contributed by atoms with E-state index in [4.69, 9.17) is 9.47 Å². The predicted molar refractivity (Wildman–Crippen MR) is 94.8 cm³/mol. The molecule has 1 aliphatic heterocycles. The van der Waals surface area contributed by atoms with Gasteiger partial charge in [-0.25, -0.2) is 8.42 Å². The molecule has 0 aliphatic carbocycles. The molecule has 1 aliphatic rings. The van der Waals surface area contributed by atoms with Crippen molar-refractivity contribution in [1.82, 2.24) is 4.72 Å². The lowest BCUT2D eigenvalue weighted by molar-refractivity contribution is -0.139. The molecule has 3 rings (SSSR count). The maximum absolute atomic E-state index is 12.5. The average Bonchev–Trinajstić information content (AvgIpc) is 2.59. The molecular weight excluding hydrogens is 358 g/mol. The van der Waals surface area contributed by atoms with Crippen molar-refractivity contribution in [3.63, 3.8) is 0 Å². The average molecular weight is 377 g/mol. The number of sulfonamides is 1. The number of aryl methyl sites for hydroxylation is 1. The summed E-state index contributed by atoms with van der Waals surface area (Å²) in [5, 5.41) is 9.43. The maximum atomic E-state index is 12.5. The zero-order chi connectivity index (χ0) is 18.7. The zero-order valence-corrected chi connectivity index (χ0v) is 14.9. The molecule has 8 heteroatoms. The minimum Gasteiger partial charge on any atom is -0.486 e. The van der Waals surface area contributed by atoms with Gasteiger partial charge in [-0.15, -0.1) is 0 Å². The Morgan fingerprint density at radius 3 is 2.65 bits per heavy atom. The van der Waals surface area contributed by atoms with E-state index in [1.165, 1.54) is 0 Å². The molecule has 0 bridgehead atoms. The van der Waals surface area contributed by atoms with Crippen LogP contribution in [0.3, 0.4) is 0 Å². The van der Waals surface area contributed by atoms with E-state index in [0.717, 1.165) is 5.56 Å². The summed E-state index contributed by atoms with van der Waals surface area (Å²) >= 11 is 0. The topological polar surface area (TPSA) is 102 Å². The molecule has 0 fully saturated rings. The van der Waals surface area contributed by atoms with Crippen molar-refractivity contribution in [3.8, 4) is 11.5 Å². The van der Waals surface area contributed by atoms with E-state index in [-0.39, 0.29) is 6.61 Å². The molecule has 2 unspecified atom stereocenters. The quantitative estimate of drug-likeness (QED) is 0.797. The minimum absolute atomic E-state index is 0.0696. The van der Waals surface area contributed by atoms with E-state index in [9.17, 15) is 18.3 Å². The molecule has 0 amide bonds. The molecule has 2 N–H and O–H groups in total. The first-order chi connectivity index (χ1) is 12.3. The van der Waals surface area contributed by atoms with Gasteiger partial charge in [-0.1, -0.05) is 42.0 Å². The van der Waals surface area contributed by atoms with Crippen molar-refractivity contribution >= 4 is 16.0 Å². The Bertz CT molecular complexity index is 911. The third-order valence-corrected chi connectivity index (χ3v) is 5.30. The van der Waals surface area contributed by atoms with Crippen molar-refractivity contribution in [1.29, 1.82) is 0 Å². The van der Waals surface area contributed by atoms with Crippen molar-refractivity contribution in [2.45, 2.75) is 19.1 Å². The number of carboxylic acids is 1. The van der Waals surface area contributed by atoms with Gasteiger partial charge in [0.2, 0.25) is 10.0 Å². The largest absolute Gasteiger partial charge is 0.486 e. The van der Waals surface area contributed by atoms with Gasteiger partial charge >= 0.3 is 5.97 Å². The number of carbonyl (C=O) groups is 1. The van der Waals surface area contributed by atoms with Crippen LogP contribution in [0.25, 0.3) is 0 Å². The SMILES string of the molecule is Cc1cccc(C(NS(=O)(=O)CC2COc3ccccc3O2)C(=O)O)c1. The zero-order valence-electron chi connectivity index (χ0n) is 14.1. The molecule has 2 aromatic rings. The minimum atomic E-state index is -3.92. The van der Waals surface area contributed by atoms with Gasteiger partial charge in [-0.05, 0) is 24.6 Å². The van der Waals surface area contributed by atoms with Crippen LogP contribution >= 0.6 is 0 Å². The Morgan fingerprint density at radius 2 is 1.96 bits per heavy atom. The Balaban J connectivity index is 1.72. The van der Waals surface area contributed by atoms with Crippen LogP contribution in [0.5, 0.6) is 11.5 Å². The molecule has 0 spiro atoms. The monoisotopic (exact) mass is 377 g/mol. The van der Waals surface area contributed by atoms with Gasteiger partial charge in [0.15, 0.2) is 11.5 Å². The van der Waals surface area contributed by atoms with Crippen LogP contribution in [0.4, 0.5) is 0 Å². The molecule has 7 nitrogen and oxygen atoms in total. The number of aliphatic carboxylic acids is 1. The molecule has 2 aromatic carbocycles. The first-order valence-corrected chi connectivity index (χ1v) is 9.67. The summed E-state index contributed by atoms with van der Waals surface area (Å²) in [5.74, 6) is -0.660. The van der Waals surface area contributed by atoms with E-state index in [2.05, 4.69) is 4.72 Å². The lowest BCUT2D eigenvalue weighted by Gasteiger charge is -2.26. The van der Waals surface area contributed by atoms with Crippen molar-refractivity contribution in [3.05, 3.63) is 59.7 Å². The lowest BCUT2D eigenvalue weighted by Crippen LogP contribution is -2.42. The molecule has 26 heavy (non-hydrogen) atoms. The number of hydrogen-bond donors (Lipinski definition) is 2. The van der Waals surface area contributed by atoms with E-state index in [1.807, 2.05) is 13.0 Å². The summed E-state index contributed by atoms with van der Waals surface area (Å²) in [7, 11) is -3.92. The highest BCUT2D eigenvalue weighted by Gasteiger charge is 2.31. The number of nitrogens with one attached hydrogen (secondary N) is 1. The van der Waals surface area contributed by atoms with Crippen LogP contribution in [0, 0.1) is 6.92 Å². The lowest BCUT2D eigenvalue weighted by atomic mass is 10.1. The molecule has 0 radical (unpaired) electrons. The number of carboxylic acid groups (broad SMARTS) is 1. The number of para-hydroxylation sites is 2. The first kappa shape index (κ1) is 18.2. The Kier molecular flexibility index (Phi) is 5.15. The molecule has 0 aromatic heterocycles. The highest BCUT2D eigenvalue weighted by Crippen LogP contribution is 2.31. The summed E-state index contributed by atoms with van der Waals surface area (Å²) in [6.07, 6.45) is -0.727. The van der Waals surface area contributed by atoms with Gasteiger partial charge in [0.25, 0.3) is 0 Å². The highest BCUT2D eigenvalue weighted by atomic mass is 32.2. The highest BCUT2D eigenvalue weighted by molar-refractivity contribution is 7.89. The van der Waals surface area contributed by atoms with Crippen LogP contribution in [-0.4, -0.2) is 38.0 Å². The third kappa shape index (κ3) is 4.33. The summed E-state index contributed by atoms with van der Waals surface area (Å²) in [4.78, 5) is 11.6. The van der Waals surface area contributed by atoms with Crippen molar-refractivity contribution in [2.24, 2.45) is 0 Å². The van der Waals surface area contributed by atoms with Crippen molar-refractivity contribution < 1.29 is 27.8 Å². The van der Waals surface area contributed by atoms with E-state index in [0.29, 0.717) is 17.1 Å². The third-order valence-electron chi connectivity index (χ3n) is 3.89. The van der Waals surface area contributed by atoms with Gasteiger partial charge in [-0.2, -0.15) is 4.72 Å². The van der Waals surface area contributed by atoms with Gasteiger partial charge in [0.05, 0.1) is 0 Å². The summed E-state index contributed by atoms with van der Waals surface area (Å²) < 4.78 is 38.3. The van der Waals surface area contributed by atoms with Crippen LogP contribution in [0.15, 0.2) is 48.5 Å². The fourth-order valence-electron chi connectivity index (χ4n) is 2.73. The second-order valence-electron chi connectivity index (χ2n) is 6.08. The maximum Gasteiger partial charge on any atom is 0.326 e. The Morgan fingerprint density at radius 1 is 1.23 bits per heavy atom. The van der Waals surface area contributed by atoms with Crippen LogP contribution in [0.2, 0.25) is 0 Å². The van der Waals surface area contributed by atoms with Crippen molar-refractivity contribution in [2.75, 3.05) is 12.4 Å². The molecule has 0 saturated carbocycles. The number of hydrogen-bond acceptors (Lipinski definition) is 5. The second-order valence-corrected chi connectivity index (χ2v) is 7.88. The number of fused-ring (bicyclic) bond motifs is 1. The van der Waals surface area contributed by atoms with Gasteiger partial charge in [0.1, 0.15) is 24.5 Å². The molecule has 138 valence electrons. The van der Waals surface area contributed by atoms with Gasteiger partial charge in [0, 0.05) is 0 Å². The number of rotatable bonds is 6. The smallest absolute Gasteiger partial charge is 0.326 e. The molecule has 2 atom stereocenters. The number of benzene rings is 2. The number of ether oxygens (including phenoxy) is 2. The fraction of sp³-hybridized carbons (Fsp3) is 0.278. The van der Waals surface area contributed by atoms with Gasteiger partial charge < -0.3 is 14.6 Å².